The quantitative estimate of drug-likeness (QED) is 0.675. The van der Waals surface area contributed by atoms with E-state index >= 15 is 0 Å². The molecule has 0 radical (unpaired) electrons. The molecule has 1 fully saturated rings. The minimum Gasteiger partial charge on any atom is -0.370 e. The predicted molar refractivity (Wildman–Crippen MR) is 113 cm³/mol. The fraction of sp³-hybridized carbons (Fsp3) is 0.227. The predicted octanol–water partition coefficient (Wildman–Crippen LogP) is 5.04. The molecule has 0 aliphatic carbocycles. The third-order valence-electron chi connectivity index (χ3n) is 4.85. The largest absolute Gasteiger partial charge is 0.370 e. The summed E-state index contributed by atoms with van der Waals surface area (Å²) in [6.45, 7) is 2.05. The van der Waals surface area contributed by atoms with Gasteiger partial charge in [0.15, 0.2) is 5.82 Å². The van der Waals surface area contributed by atoms with Crippen molar-refractivity contribution in [3.8, 4) is 11.4 Å². The van der Waals surface area contributed by atoms with Crippen LogP contribution in [0, 0.1) is 0 Å². The van der Waals surface area contributed by atoms with Gasteiger partial charge in [-0.15, -0.1) is 0 Å². The van der Waals surface area contributed by atoms with Crippen LogP contribution >= 0.6 is 11.6 Å². The number of aromatic nitrogens is 2. The zero-order valence-electron chi connectivity index (χ0n) is 15.4. The molecule has 1 aromatic heterocycles. The fourth-order valence-corrected chi connectivity index (χ4v) is 3.66. The third-order valence-corrected chi connectivity index (χ3v) is 5.15. The number of piperidine rings is 1. The van der Waals surface area contributed by atoms with Crippen molar-refractivity contribution in [2.75, 3.05) is 23.3 Å². The van der Waals surface area contributed by atoms with Gasteiger partial charge in [-0.25, -0.2) is 9.97 Å². The third kappa shape index (κ3) is 4.15. The fourth-order valence-electron chi connectivity index (χ4n) is 3.36. The summed E-state index contributed by atoms with van der Waals surface area (Å²) in [7, 11) is 0. The van der Waals surface area contributed by atoms with E-state index in [9.17, 15) is 4.79 Å². The Labute approximate surface area is 169 Å². The second-order valence-corrected chi connectivity index (χ2v) is 7.24. The Bertz CT molecular complexity index is 954. The molecule has 142 valence electrons. The number of nitrogens with one attached hydrogen (secondary N) is 1. The molecule has 3 aromatic rings. The molecule has 0 spiro atoms. The van der Waals surface area contributed by atoms with Crippen LogP contribution in [0.4, 0.5) is 11.4 Å². The minimum atomic E-state index is -0.263. The van der Waals surface area contributed by atoms with Crippen LogP contribution in [0.15, 0.2) is 60.9 Å². The summed E-state index contributed by atoms with van der Waals surface area (Å²) in [6, 6.07) is 15.3. The molecule has 1 amide bonds. The summed E-state index contributed by atoms with van der Waals surface area (Å²) in [4.78, 5) is 23.4. The van der Waals surface area contributed by atoms with Gasteiger partial charge in [0, 0.05) is 36.7 Å². The van der Waals surface area contributed by atoms with Crippen molar-refractivity contribution < 1.29 is 4.79 Å². The molecule has 4 rings (SSSR count). The van der Waals surface area contributed by atoms with Gasteiger partial charge >= 0.3 is 0 Å². The summed E-state index contributed by atoms with van der Waals surface area (Å²) >= 11 is 6.46. The number of carbonyl (C=O) groups excluding carboxylic acids is 1. The molecule has 0 unspecified atom stereocenters. The lowest BCUT2D eigenvalue weighted by atomic mass is 10.1. The molecule has 6 heteroatoms. The molecule has 1 saturated heterocycles. The topological polar surface area (TPSA) is 58.1 Å². The van der Waals surface area contributed by atoms with Crippen LogP contribution < -0.4 is 10.2 Å². The lowest BCUT2D eigenvalue weighted by Crippen LogP contribution is -2.29. The van der Waals surface area contributed by atoms with Crippen LogP contribution in [-0.2, 0) is 0 Å². The zero-order chi connectivity index (χ0) is 19.3. The molecule has 0 saturated carbocycles. The number of benzene rings is 2. The lowest BCUT2D eigenvalue weighted by Gasteiger charge is -2.29. The number of amides is 1. The SMILES string of the molecule is O=C(Nc1ccc(N2CCCCC2)c(Cl)c1)c1cnc(-c2ccccc2)nc1. The maximum Gasteiger partial charge on any atom is 0.258 e. The van der Waals surface area contributed by atoms with Gasteiger partial charge in [0.1, 0.15) is 0 Å². The molecule has 0 atom stereocenters. The molecular formula is C22H21ClN4O. The van der Waals surface area contributed by atoms with Gasteiger partial charge < -0.3 is 10.2 Å². The van der Waals surface area contributed by atoms with Gasteiger partial charge in [0.05, 0.1) is 16.3 Å². The number of carbonyl (C=O) groups is 1. The van der Waals surface area contributed by atoms with Crippen LogP contribution in [0.25, 0.3) is 11.4 Å². The van der Waals surface area contributed by atoms with Crippen LogP contribution in [0.1, 0.15) is 29.6 Å². The van der Waals surface area contributed by atoms with Crippen molar-refractivity contribution in [2.24, 2.45) is 0 Å². The Morgan fingerprint density at radius 3 is 2.36 bits per heavy atom. The van der Waals surface area contributed by atoms with Gasteiger partial charge in [0.2, 0.25) is 0 Å². The average molecular weight is 393 g/mol. The normalized spacial score (nSPS) is 14.0. The van der Waals surface area contributed by atoms with Crippen molar-refractivity contribution in [1.82, 2.24) is 9.97 Å². The van der Waals surface area contributed by atoms with E-state index in [-0.39, 0.29) is 5.91 Å². The highest BCUT2D eigenvalue weighted by molar-refractivity contribution is 6.33. The number of anilines is 2. The van der Waals surface area contributed by atoms with Crippen LogP contribution in [-0.4, -0.2) is 29.0 Å². The number of rotatable bonds is 4. The van der Waals surface area contributed by atoms with Gasteiger partial charge in [-0.2, -0.15) is 0 Å². The van der Waals surface area contributed by atoms with Crippen molar-refractivity contribution >= 4 is 28.9 Å². The highest BCUT2D eigenvalue weighted by atomic mass is 35.5. The Morgan fingerprint density at radius 2 is 1.68 bits per heavy atom. The van der Waals surface area contributed by atoms with Gasteiger partial charge in [-0.1, -0.05) is 41.9 Å². The highest BCUT2D eigenvalue weighted by Gasteiger charge is 2.15. The van der Waals surface area contributed by atoms with Crippen molar-refractivity contribution in [3.05, 3.63) is 71.5 Å². The number of nitrogens with zero attached hydrogens (tertiary/aromatic N) is 3. The van der Waals surface area contributed by atoms with E-state index < -0.39 is 0 Å². The molecule has 1 N–H and O–H groups in total. The summed E-state index contributed by atoms with van der Waals surface area (Å²) in [6.07, 6.45) is 6.72. The number of hydrogen-bond acceptors (Lipinski definition) is 4. The van der Waals surface area contributed by atoms with Gasteiger partial charge in [-0.05, 0) is 37.5 Å². The maximum atomic E-state index is 12.5. The number of halogens is 1. The van der Waals surface area contributed by atoms with E-state index in [0.29, 0.717) is 22.1 Å². The maximum absolute atomic E-state index is 12.5. The van der Waals surface area contributed by atoms with E-state index in [1.165, 1.54) is 31.7 Å². The highest BCUT2D eigenvalue weighted by Crippen LogP contribution is 2.31. The Kier molecular flexibility index (Phi) is 5.53. The number of hydrogen-bond donors (Lipinski definition) is 1. The second kappa shape index (κ2) is 8.40. The lowest BCUT2D eigenvalue weighted by molar-refractivity contribution is 0.102. The first-order valence-corrected chi connectivity index (χ1v) is 9.82. The van der Waals surface area contributed by atoms with E-state index in [2.05, 4.69) is 20.2 Å². The van der Waals surface area contributed by atoms with E-state index in [1.807, 2.05) is 42.5 Å². The van der Waals surface area contributed by atoms with Crippen molar-refractivity contribution in [1.29, 1.82) is 0 Å². The minimum absolute atomic E-state index is 0.263. The Balaban J connectivity index is 1.45. The molecule has 2 aromatic carbocycles. The molecule has 0 bridgehead atoms. The van der Waals surface area contributed by atoms with Gasteiger partial charge in [0.25, 0.3) is 5.91 Å². The Morgan fingerprint density at radius 1 is 0.964 bits per heavy atom. The van der Waals surface area contributed by atoms with E-state index in [1.54, 1.807) is 6.07 Å². The van der Waals surface area contributed by atoms with Crippen LogP contribution in [0.3, 0.4) is 0 Å². The molecule has 5 nitrogen and oxygen atoms in total. The summed E-state index contributed by atoms with van der Waals surface area (Å²) < 4.78 is 0. The molecule has 2 heterocycles. The van der Waals surface area contributed by atoms with E-state index in [0.717, 1.165) is 24.3 Å². The van der Waals surface area contributed by atoms with Crippen LogP contribution in [0.5, 0.6) is 0 Å². The molecule has 1 aliphatic rings. The average Bonchev–Trinajstić information content (AvgIpc) is 2.75. The standard InChI is InChI=1S/C22H21ClN4O/c23-19-13-18(9-10-20(19)27-11-5-2-6-12-27)26-22(28)17-14-24-21(25-15-17)16-7-3-1-4-8-16/h1,3-4,7-10,13-15H,2,5-6,11-12H2,(H,26,28). The van der Waals surface area contributed by atoms with Crippen LogP contribution in [0.2, 0.25) is 5.02 Å². The first-order valence-electron chi connectivity index (χ1n) is 9.44. The smallest absolute Gasteiger partial charge is 0.258 e. The zero-order valence-corrected chi connectivity index (χ0v) is 16.2. The first kappa shape index (κ1) is 18.4. The monoisotopic (exact) mass is 392 g/mol. The summed E-state index contributed by atoms with van der Waals surface area (Å²) in [5, 5.41) is 3.52. The van der Waals surface area contributed by atoms with Crippen molar-refractivity contribution in [2.45, 2.75) is 19.3 Å². The van der Waals surface area contributed by atoms with Crippen molar-refractivity contribution in [3.63, 3.8) is 0 Å². The molecule has 28 heavy (non-hydrogen) atoms. The van der Waals surface area contributed by atoms with E-state index in [4.69, 9.17) is 11.6 Å². The first-order chi connectivity index (χ1) is 13.7. The molecular weight excluding hydrogens is 372 g/mol. The summed E-state index contributed by atoms with van der Waals surface area (Å²) in [5.74, 6) is 0.326. The summed E-state index contributed by atoms with van der Waals surface area (Å²) in [5.41, 5.74) is 2.99. The second-order valence-electron chi connectivity index (χ2n) is 6.83. The molecule has 1 aliphatic heterocycles. The Hall–Kier alpha value is -2.92. The van der Waals surface area contributed by atoms with Gasteiger partial charge in [-0.3, -0.25) is 4.79 Å².